The lowest BCUT2D eigenvalue weighted by atomic mass is 10.2. The van der Waals surface area contributed by atoms with Gasteiger partial charge >= 0.3 is 6.03 Å². The molecule has 150 valence electrons. The molecule has 1 aromatic heterocycles. The number of nitrogens with zero attached hydrogens (tertiary/aromatic N) is 1. The van der Waals surface area contributed by atoms with Crippen molar-refractivity contribution in [3.05, 3.63) is 60.8 Å². The van der Waals surface area contributed by atoms with Crippen LogP contribution < -0.4 is 30.2 Å². The Morgan fingerprint density at radius 3 is 2.00 bits per heavy atom. The highest BCUT2D eigenvalue weighted by atomic mass is 16.5. The first-order valence-electron chi connectivity index (χ1n) is 8.79. The van der Waals surface area contributed by atoms with E-state index in [0.29, 0.717) is 34.4 Å². The van der Waals surface area contributed by atoms with Crippen molar-refractivity contribution in [2.45, 2.75) is 0 Å². The monoisotopic (exact) mass is 394 g/mol. The fraction of sp³-hybridized carbons (Fsp3) is 0.143. The lowest BCUT2D eigenvalue weighted by Crippen LogP contribution is -2.19. The van der Waals surface area contributed by atoms with Gasteiger partial charge in [0.05, 0.1) is 33.2 Å². The summed E-state index contributed by atoms with van der Waals surface area (Å²) in [5.41, 5.74) is 1.99. The number of anilines is 4. The lowest BCUT2D eigenvalue weighted by molar-refractivity contribution is 0.262. The molecule has 8 heteroatoms. The molecule has 0 unspecified atom stereocenters. The number of carbonyl (C=O) groups is 1. The van der Waals surface area contributed by atoms with Crippen LogP contribution in [0.5, 0.6) is 17.2 Å². The standard InChI is InChI=1S/C21H22N4O4/c1-27-17-11-16(12-18(28-2)20(17)29-3)23-19-10-9-15(13-22-19)25-21(26)24-14-7-5-4-6-8-14/h4-13H,1-3H3,(H,22,23)(H2,24,25,26). The van der Waals surface area contributed by atoms with Gasteiger partial charge in [0.2, 0.25) is 5.75 Å². The Balaban J connectivity index is 1.67. The molecule has 2 aromatic carbocycles. The third-order valence-corrected chi connectivity index (χ3v) is 3.99. The van der Waals surface area contributed by atoms with Gasteiger partial charge in [-0.05, 0) is 24.3 Å². The third-order valence-electron chi connectivity index (χ3n) is 3.99. The summed E-state index contributed by atoms with van der Waals surface area (Å²) in [5.74, 6) is 2.17. The molecule has 0 fully saturated rings. The highest BCUT2D eigenvalue weighted by Gasteiger charge is 2.13. The fourth-order valence-corrected chi connectivity index (χ4v) is 2.66. The number of carbonyl (C=O) groups excluding carboxylic acids is 1. The summed E-state index contributed by atoms with van der Waals surface area (Å²) >= 11 is 0. The molecule has 0 saturated heterocycles. The number of amides is 2. The van der Waals surface area contributed by atoms with E-state index in [4.69, 9.17) is 14.2 Å². The zero-order valence-corrected chi connectivity index (χ0v) is 16.4. The van der Waals surface area contributed by atoms with E-state index in [1.807, 2.05) is 30.3 Å². The number of hydrogen-bond donors (Lipinski definition) is 3. The van der Waals surface area contributed by atoms with Crippen LogP contribution in [0, 0.1) is 0 Å². The lowest BCUT2D eigenvalue weighted by Gasteiger charge is -2.15. The van der Waals surface area contributed by atoms with Gasteiger partial charge in [-0.1, -0.05) is 18.2 Å². The van der Waals surface area contributed by atoms with Crippen LogP contribution in [0.15, 0.2) is 60.8 Å². The molecule has 2 amide bonds. The van der Waals surface area contributed by atoms with Gasteiger partial charge in [-0.2, -0.15) is 0 Å². The Morgan fingerprint density at radius 1 is 0.793 bits per heavy atom. The second-order valence-corrected chi connectivity index (χ2v) is 5.92. The Bertz CT molecular complexity index is 937. The Morgan fingerprint density at radius 2 is 1.45 bits per heavy atom. The minimum atomic E-state index is -0.344. The summed E-state index contributed by atoms with van der Waals surface area (Å²) in [7, 11) is 4.66. The number of methoxy groups -OCH3 is 3. The summed E-state index contributed by atoms with van der Waals surface area (Å²) in [6.45, 7) is 0. The van der Waals surface area contributed by atoms with Gasteiger partial charge in [0.25, 0.3) is 0 Å². The second-order valence-electron chi connectivity index (χ2n) is 5.92. The van der Waals surface area contributed by atoms with E-state index in [0.717, 1.165) is 5.69 Å². The minimum Gasteiger partial charge on any atom is -0.493 e. The Hall–Kier alpha value is -3.94. The number of para-hydroxylation sites is 1. The summed E-state index contributed by atoms with van der Waals surface area (Å²) in [6.07, 6.45) is 1.56. The van der Waals surface area contributed by atoms with Crippen LogP contribution in [0.2, 0.25) is 0 Å². The van der Waals surface area contributed by atoms with E-state index in [2.05, 4.69) is 20.9 Å². The Labute approximate surface area is 168 Å². The predicted octanol–water partition coefficient (Wildman–Crippen LogP) is 4.50. The minimum absolute atomic E-state index is 0.344. The largest absolute Gasteiger partial charge is 0.493 e. The summed E-state index contributed by atoms with van der Waals surface area (Å²) in [6, 6.07) is 15.9. The molecule has 0 radical (unpaired) electrons. The molecule has 0 aliphatic heterocycles. The molecule has 3 N–H and O–H groups in total. The van der Waals surface area contributed by atoms with E-state index in [-0.39, 0.29) is 6.03 Å². The third kappa shape index (κ3) is 5.07. The highest BCUT2D eigenvalue weighted by molar-refractivity contribution is 5.99. The zero-order valence-electron chi connectivity index (χ0n) is 16.4. The average Bonchev–Trinajstić information content (AvgIpc) is 2.75. The summed E-state index contributed by atoms with van der Waals surface area (Å²) in [5, 5.41) is 8.65. The number of rotatable bonds is 7. The first-order chi connectivity index (χ1) is 14.1. The van der Waals surface area contributed by atoms with Crippen LogP contribution in [0.4, 0.5) is 27.7 Å². The SMILES string of the molecule is COc1cc(Nc2ccc(NC(=O)Nc3ccccc3)cn2)cc(OC)c1OC. The molecule has 0 saturated carbocycles. The van der Waals surface area contributed by atoms with Crippen molar-refractivity contribution in [2.24, 2.45) is 0 Å². The van der Waals surface area contributed by atoms with Crippen molar-refractivity contribution in [3.63, 3.8) is 0 Å². The van der Waals surface area contributed by atoms with Crippen molar-refractivity contribution in [1.82, 2.24) is 4.98 Å². The molecule has 0 spiro atoms. The second kappa shape index (κ2) is 9.32. The van der Waals surface area contributed by atoms with Crippen LogP contribution in [-0.2, 0) is 0 Å². The van der Waals surface area contributed by atoms with Crippen LogP contribution in [-0.4, -0.2) is 32.3 Å². The highest BCUT2D eigenvalue weighted by Crippen LogP contribution is 2.40. The maximum atomic E-state index is 12.1. The quantitative estimate of drug-likeness (QED) is 0.546. The molecule has 0 aliphatic carbocycles. The van der Waals surface area contributed by atoms with Crippen LogP contribution in [0.3, 0.4) is 0 Å². The molecule has 0 aliphatic rings. The molecule has 1 heterocycles. The molecule has 29 heavy (non-hydrogen) atoms. The van der Waals surface area contributed by atoms with Gasteiger partial charge in [0.15, 0.2) is 11.5 Å². The average molecular weight is 394 g/mol. The predicted molar refractivity (Wildman–Crippen MR) is 113 cm³/mol. The van der Waals surface area contributed by atoms with Gasteiger partial charge < -0.3 is 30.2 Å². The van der Waals surface area contributed by atoms with Gasteiger partial charge in [-0.15, -0.1) is 0 Å². The molecular formula is C21H22N4O4. The van der Waals surface area contributed by atoms with Crippen LogP contribution in [0.25, 0.3) is 0 Å². The Kier molecular flexibility index (Phi) is 6.36. The van der Waals surface area contributed by atoms with Crippen molar-refractivity contribution in [1.29, 1.82) is 0 Å². The normalized spacial score (nSPS) is 10.0. The first-order valence-corrected chi connectivity index (χ1v) is 8.79. The molecular weight excluding hydrogens is 372 g/mol. The smallest absolute Gasteiger partial charge is 0.323 e. The number of ether oxygens (including phenoxy) is 3. The fourth-order valence-electron chi connectivity index (χ4n) is 2.66. The van der Waals surface area contributed by atoms with Crippen molar-refractivity contribution >= 4 is 28.9 Å². The maximum Gasteiger partial charge on any atom is 0.323 e. The molecule has 0 atom stereocenters. The number of nitrogens with one attached hydrogen (secondary N) is 3. The molecule has 3 rings (SSSR count). The number of benzene rings is 2. The summed E-state index contributed by atoms with van der Waals surface area (Å²) < 4.78 is 16.0. The molecule has 3 aromatic rings. The topological polar surface area (TPSA) is 93.7 Å². The van der Waals surface area contributed by atoms with Gasteiger partial charge in [-0.25, -0.2) is 9.78 Å². The van der Waals surface area contributed by atoms with E-state index >= 15 is 0 Å². The van der Waals surface area contributed by atoms with Gasteiger partial charge in [0.1, 0.15) is 5.82 Å². The molecule has 8 nitrogen and oxygen atoms in total. The van der Waals surface area contributed by atoms with E-state index < -0.39 is 0 Å². The first kappa shape index (κ1) is 19.8. The number of urea groups is 1. The van der Waals surface area contributed by atoms with Crippen molar-refractivity contribution < 1.29 is 19.0 Å². The van der Waals surface area contributed by atoms with Gasteiger partial charge in [-0.3, -0.25) is 0 Å². The maximum absolute atomic E-state index is 12.1. The van der Waals surface area contributed by atoms with Crippen molar-refractivity contribution in [2.75, 3.05) is 37.3 Å². The number of aromatic nitrogens is 1. The van der Waals surface area contributed by atoms with E-state index in [1.54, 1.807) is 51.8 Å². The summed E-state index contributed by atoms with van der Waals surface area (Å²) in [4.78, 5) is 16.4. The number of hydrogen-bond acceptors (Lipinski definition) is 6. The van der Waals surface area contributed by atoms with E-state index in [9.17, 15) is 4.79 Å². The van der Waals surface area contributed by atoms with Crippen LogP contribution in [0.1, 0.15) is 0 Å². The van der Waals surface area contributed by atoms with Crippen LogP contribution >= 0.6 is 0 Å². The zero-order chi connectivity index (χ0) is 20.6. The number of pyridine rings is 1. The van der Waals surface area contributed by atoms with Gasteiger partial charge in [0, 0.05) is 23.5 Å². The molecule has 0 bridgehead atoms. The van der Waals surface area contributed by atoms with E-state index in [1.165, 1.54) is 0 Å². The van der Waals surface area contributed by atoms with Crippen molar-refractivity contribution in [3.8, 4) is 17.2 Å².